The largest absolute Gasteiger partial charge is 0.384 e. The Morgan fingerprint density at radius 3 is 2.32 bits per heavy atom. The molecule has 2 N–H and O–H groups in total. The third-order valence-electron chi connectivity index (χ3n) is 3.97. The van der Waals surface area contributed by atoms with E-state index >= 15 is 0 Å². The second-order valence-electron chi connectivity index (χ2n) is 6.40. The Bertz CT molecular complexity index is 754. The molecule has 0 radical (unpaired) electrons. The SMILES string of the molecule is CCCCCNc1ccc(NS(=O)(=O)c2ccc(C(C)C)cc2)nc1. The lowest BCUT2D eigenvalue weighted by atomic mass is 10.0. The van der Waals surface area contributed by atoms with Crippen molar-refractivity contribution in [2.24, 2.45) is 0 Å². The zero-order valence-corrected chi connectivity index (χ0v) is 15.9. The standard InChI is InChI=1S/C19H27N3O2S/c1-4-5-6-13-20-17-9-12-19(21-14-17)22-25(23,24)18-10-7-16(8-11-18)15(2)3/h7-12,14-15,20H,4-6,13H2,1-3H3,(H,21,22). The van der Waals surface area contributed by atoms with E-state index in [2.05, 4.69) is 35.8 Å². The minimum atomic E-state index is -3.63. The van der Waals surface area contributed by atoms with E-state index in [1.165, 1.54) is 12.8 Å². The average molecular weight is 362 g/mol. The van der Waals surface area contributed by atoms with Gasteiger partial charge in [0.1, 0.15) is 5.82 Å². The topological polar surface area (TPSA) is 71.1 Å². The molecular formula is C19H27N3O2S. The molecule has 1 aromatic heterocycles. The molecule has 0 aliphatic heterocycles. The molecule has 0 unspecified atom stereocenters. The van der Waals surface area contributed by atoms with E-state index < -0.39 is 10.0 Å². The number of hydrogen-bond donors (Lipinski definition) is 2. The third kappa shape index (κ3) is 5.74. The summed E-state index contributed by atoms with van der Waals surface area (Å²) in [4.78, 5) is 4.42. The molecule has 1 heterocycles. The van der Waals surface area contributed by atoms with Crippen molar-refractivity contribution in [1.29, 1.82) is 0 Å². The van der Waals surface area contributed by atoms with Gasteiger partial charge in [0, 0.05) is 6.54 Å². The summed E-state index contributed by atoms with van der Waals surface area (Å²) in [5.74, 6) is 0.677. The lowest BCUT2D eigenvalue weighted by molar-refractivity contribution is 0.601. The van der Waals surface area contributed by atoms with Crippen LogP contribution in [0.2, 0.25) is 0 Å². The molecule has 0 aliphatic rings. The van der Waals surface area contributed by atoms with Crippen LogP contribution < -0.4 is 10.0 Å². The average Bonchev–Trinajstić information content (AvgIpc) is 2.60. The summed E-state index contributed by atoms with van der Waals surface area (Å²) in [6.45, 7) is 7.20. The number of rotatable bonds is 9. The van der Waals surface area contributed by atoms with Crippen LogP contribution >= 0.6 is 0 Å². The van der Waals surface area contributed by atoms with Crippen molar-refractivity contribution in [3.8, 4) is 0 Å². The Morgan fingerprint density at radius 1 is 1.04 bits per heavy atom. The summed E-state index contributed by atoms with van der Waals surface area (Å²) in [7, 11) is -3.63. The summed E-state index contributed by atoms with van der Waals surface area (Å²) in [6, 6.07) is 10.4. The van der Waals surface area contributed by atoms with Gasteiger partial charge < -0.3 is 5.32 Å². The van der Waals surface area contributed by atoms with Crippen LogP contribution in [0.1, 0.15) is 51.5 Å². The fourth-order valence-corrected chi connectivity index (χ4v) is 3.40. The van der Waals surface area contributed by atoms with Crippen LogP contribution in [0, 0.1) is 0 Å². The quantitative estimate of drug-likeness (QED) is 0.640. The molecule has 136 valence electrons. The second kappa shape index (κ2) is 8.85. The smallest absolute Gasteiger partial charge is 0.263 e. The van der Waals surface area contributed by atoms with Crippen LogP contribution in [0.15, 0.2) is 47.5 Å². The first kappa shape index (κ1) is 19.2. The van der Waals surface area contributed by atoms with Crippen LogP contribution in [0.25, 0.3) is 0 Å². The summed E-state index contributed by atoms with van der Waals surface area (Å²) >= 11 is 0. The zero-order valence-electron chi connectivity index (χ0n) is 15.1. The van der Waals surface area contributed by atoms with E-state index in [0.717, 1.165) is 24.2 Å². The van der Waals surface area contributed by atoms with Gasteiger partial charge in [-0.1, -0.05) is 45.7 Å². The molecule has 0 aliphatic carbocycles. The monoisotopic (exact) mass is 361 g/mol. The van der Waals surface area contributed by atoms with Gasteiger partial charge in [0.2, 0.25) is 0 Å². The first-order chi connectivity index (χ1) is 11.9. The van der Waals surface area contributed by atoms with Crippen LogP contribution in [-0.4, -0.2) is 19.9 Å². The van der Waals surface area contributed by atoms with Gasteiger partial charge in [-0.3, -0.25) is 4.72 Å². The highest BCUT2D eigenvalue weighted by Gasteiger charge is 2.15. The highest BCUT2D eigenvalue weighted by atomic mass is 32.2. The van der Waals surface area contributed by atoms with Crippen molar-refractivity contribution in [1.82, 2.24) is 4.98 Å². The predicted octanol–water partition coefficient (Wildman–Crippen LogP) is 4.61. The Balaban J connectivity index is 2.00. The molecule has 25 heavy (non-hydrogen) atoms. The Morgan fingerprint density at radius 2 is 1.76 bits per heavy atom. The van der Waals surface area contributed by atoms with Gasteiger partial charge in [0.25, 0.3) is 10.0 Å². The van der Waals surface area contributed by atoms with Gasteiger partial charge in [0.05, 0.1) is 16.8 Å². The van der Waals surface area contributed by atoms with Crippen LogP contribution in [0.3, 0.4) is 0 Å². The number of anilines is 2. The molecule has 2 rings (SSSR count). The molecule has 0 fully saturated rings. The molecule has 0 saturated carbocycles. The number of nitrogens with zero attached hydrogens (tertiary/aromatic N) is 1. The van der Waals surface area contributed by atoms with Crippen LogP contribution in [0.5, 0.6) is 0 Å². The number of hydrogen-bond acceptors (Lipinski definition) is 4. The first-order valence-electron chi connectivity index (χ1n) is 8.75. The molecule has 0 saturated heterocycles. The maximum atomic E-state index is 12.4. The van der Waals surface area contributed by atoms with Crippen molar-refractivity contribution in [3.05, 3.63) is 48.2 Å². The molecule has 2 aromatic rings. The Hall–Kier alpha value is -2.08. The Labute approximate surface area is 150 Å². The minimum Gasteiger partial charge on any atom is -0.384 e. The summed E-state index contributed by atoms with van der Waals surface area (Å²) < 4.78 is 27.4. The molecule has 0 spiro atoms. The molecule has 6 heteroatoms. The molecule has 5 nitrogen and oxygen atoms in total. The van der Waals surface area contributed by atoms with Gasteiger partial charge in [-0.05, 0) is 42.2 Å². The third-order valence-corrected chi connectivity index (χ3v) is 5.34. The van der Waals surface area contributed by atoms with E-state index in [1.807, 2.05) is 18.2 Å². The predicted molar refractivity (Wildman–Crippen MR) is 104 cm³/mol. The second-order valence-corrected chi connectivity index (χ2v) is 8.08. The van der Waals surface area contributed by atoms with Crippen molar-refractivity contribution >= 4 is 21.5 Å². The van der Waals surface area contributed by atoms with E-state index in [0.29, 0.717) is 11.7 Å². The van der Waals surface area contributed by atoms with Gasteiger partial charge in [-0.15, -0.1) is 0 Å². The number of sulfonamides is 1. The van der Waals surface area contributed by atoms with Gasteiger partial charge in [-0.25, -0.2) is 13.4 Å². The van der Waals surface area contributed by atoms with Gasteiger partial charge in [-0.2, -0.15) is 0 Å². The normalized spacial score (nSPS) is 11.5. The number of nitrogens with one attached hydrogen (secondary N) is 2. The number of aromatic nitrogens is 1. The Kier molecular flexibility index (Phi) is 6.82. The van der Waals surface area contributed by atoms with Crippen molar-refractivity contribution in [2.75, 3.05) is 16.6 Å². The summed E-state index contributed by atoms with van der Waals surface area (Å²) in [6.07, 6.45) is 5.12. The van der Waals surface area contributed by atoms with Crippen molar-refractivity contribution in [3.63, 3.8) is 0 Å². The number of pyridine rings is 1. The summed E-state index contributed by atoms with van der Waals surface area (Å²) in [5.41, 5.74) is 2.00. The van der Waals surface area contributed by atoms with Crippen molar-refractivity contribution < 1.29 is 8.42 Å². The fourth-order valence-electron chi connectivity index (χ4n) is 2.40. The van der Waals surface area contributed by atoms with E-state index in [-0.39, 0.29) is 4.90 Å². The maximum absolute atomic E-state index is 12.4. The number of benzene rings is 1. The summed E-state index contributed by atoms with van der Waals surface area (Å²) in [5, 5.41) is 3.28. The van der Waals surface area contributed by atoms with E-state index in [9.17, 15) is 8.42 Å². The van der Waals surface area contributed by atoms with E-state index in [4.69, 9.17) is 0 Å². The number of unbranched alkanes of at least 4 members (excludes halogenated alkanes) is 2. The highest BCUT2D eigenvalue weighted by molar-refractivity contribution is 7.92. The van der Waals surface area contributed by atoms with Crippen LogP contribution in [-0.2, 0) is 10.0 Å². The lowest BCUT2D eigenvalue weighted by Crippen LogP contribution is -2.14. The highest BCUT2D eigenvalue weighted by Crippen LogP contribution is 2.19. The van der Waals surface area contributed by atoms with Crippen molar-refractivity contribution in [2.45, 2.75) is 50.8 Å². The van der Waals surface area contributed by atoms with Gasteiger partial charge in [0.15, 0.2) is 0 Å². The molecule has 0 amide bonds. The minimum absolute atomic E-state index is 0.237. The van der Waals surface area contributed by atoms with E-state index in [1.54, 1.807) is 24.4 Å². The first-order valence-corrected chi connectivity index (χ1v) is 10.2. The molecule has 0 bridgehead atoms. The van der Waals surface area contributed by atoms with Crippen LogP contribution in [0.4, 0.5) is 11.5 Å². The van der Waals surface area contributed by atoms with Gasteiger partial charge >= 0.3 is 0 Å². The zero-order chi connectivity index (χ0) is 18.3. The molecule has 1 aromatic carbocycles. The molecular weight excluding hydrogens is 334 g/mol. The maximum Gasteiger partial charge on any atom is 0.263 e. The fraction of sp³-hybridized carbons (Fsp3) is 0.421. The molecule has 0 atom stereocenters. The lowest BCUT2D eigenvalue weighted by Gasteiger charge is -2.10.